The summed E-state index contributed by atoms with van der Waals surface area (Å²) in [7, 11) is 2.00. The van der Waals surface area contributed by atoms with Crippen LogP contribution in [0.3, 0.4) is 0 Å². The van der Waals surface area contributed by atoms with Gasteiger partial charge in [0.05, 0.1) is 5.41 Å². The van der Waals surface area contributed by atoms with E-state index in [1.54, 1.807) is 0 Å². The van der Waals surface area contributed by atoms with Gasteiger partial charge in [0.2, 0.25) is 0 Å². The summed E-state index contributed by atoms with van der Waals surface area (Å²) in [5.41, 5.74) is 2.65. The fraction of sp³-hybridized carbons (Fsp3) is 0.294. The molecule has 2 aromatic rings. The summed E-state index contributed by atoms with van der Waals surface area (Å²) in [4.78, 5) is 0. The van der Waals surface area contributed by atoms with E-state index in [0.29, 0.717) is 0 Å². The Balaban J connectivity index is 2.09. The Kier molecular flexibility index (Phi) is 3.26. The third-order valence-electron chi connectivity index (χ3n) is 4.00. The highest BCUT2D eigenvalue weighted by molar-refractivity contribution is 5.50. The van der Waals surface area contributed by atoms with Crippen molar-refractivity contribution in [1.29, 1.82) is 0 Å². The molecule has 2 nitrogen and oxygen atoms in total. The molecule has 0 radical (unpaired) electrons. The van der Waals surface area contributed by atoms with Gasteiger partial charge >= 0.3 is 0 Å². The predicted molar refractivity (Wildman–Crippen MR) is 77.7 cm³/mol. The van der Waals surface area contributed by atoms with Gasteiger partial charge in [-0.2, -0.15) is 0 Å². The molecular weight excluding hydrogens is 234 g/mol. The van der Waals surface area contributed by atoms with E-state index in [4.69, 9.17) is 4.74 Å². The van der Waals surface area contributed by atoms with Crippen molar-refractivity contribution < 1.29 is 4.74 Å². The summed E-state index contributed by atoms with van der Waals surface area (Å²) in [5.74, 6) is 1.03. The maximum absolute atomic E-state index is 5.94. The van der Waals surface area contributed by atoms with Crippen molar-refractivity contribution in [1.82, 2.24) is 5.32 Å². The Hall–Kier alpha value is -1.80. The first-order valence-corrected chi connectivity index (χ1v) is 6.79. The number of rotatable bonds is 4. The van der Waals surface area contributed by atoms with Gasteiger partial charge < -0.3 is 10.1 Å². The normalized spacial score (nSPS) is 20.9. The van der Waals surface area contributed by atoms with Crippen molar-refractivity contribution in [3.63, 3.8) is 0 Å². The number of para-hydroxylation sites is 1. The highest BCUT2D eigenvalue weighted by Crippen LogP contribution is 2.45. The summed E-state index contributed by atoms with van der Waals surface area (Å²) in [6.07, 6.45) is 1.05. The van der Waals surface area contributed by atoms with Crippen LogP contribution in [0.25, 0.3) is 0 Å². The molecule has 2 aromatic carbocycles. The van der Waals surface area contributed by atoms with Gasteiger partial charge in [0.25, 0.3) is 0 Å². The van der Waals surface area contributed by atoms with E-state index in [9.17, 15) is 0 Å². The average molecular weight is 253 g/mol. The van der Waals surface area contributed by atoms with Crippen LogP contribution in [0.4, 0.5) is 0 Å². The second kappa shape index (κ2) is 5.06. The third kappa shape index (κ3) is 2.02. The van der Waals surface area contributed by atoms with E-state index < -0.39 is 0 Å². The van der Waals surface area contributed by atoms with Crippen molar-refractivity contribution in [3.05, 3.63) is 65.7 Å². The minimum absolute atomic E-state index is 0.0130. The molecule has 0 aliphatic carbocycles. The molecule has 0 saturated carbocycles. The van der Waals surface area contributed by atoms with E-state index in [2.05, 4.69) is 53.8 Å². The van der Waals surface area contributed by atoms with Crippen molar-refractivity contribution in [3.8, 4) is 5.75 Å². The second-order valence-electron chi connectivity index (χ2n) is 5.09. The largest absolute Gasteiger partial charge is 0.492 e. The number of fused-ring (bicyclic) bond motifs is 1. The Bertz CT molecular complexity index is 552. The van der Waals surface area contributed by atoms with Gasteiger partial charge in [-0.1, -0.05) is 48.5 Å². The van der Waals surface area contributed by atoms with Crippen molar-refractivity contribution in [2.45, 2.75) is 11.8 Å². The van der Waals surface area contributed by atoms with Crippen LogP contribution >= 0.6 is 0 Å². The van der Waals surface area contributed by atoms with Crippen LogP contribution < -0.4 is 10.1 Å². The van der Waals surface area contributed by atoms with Gasteiger partial charge in [-0.25, -0.2) is 0 Å². The molecule has 1 aliphatic rings. The monoisotopic (exact) mass is 253 g/mol. The maximum atomic E-state index is 5.94. The van der Waals surface area contributed by atoms with E-state index in [0.717, 1.165) is 25.3 Å². The lowest BCUT2D eigenvalue weighted by atomic mass is 9.73. The Morgan fingerprint density at radius 1 is 1.05 bits per heavy atom. The van der Waals surface area contributed by atoms with Crippen LogP contribution in [0.5, 0.6) is 5.75 Å². The molecule has 0 aromatic heterocycles. The lowest BCUT2D eigenvalue weighted by molar-refractivity contribution is 0.281. The summed E-state index contributed by atoms with van der Waals surface area (Å²) < 4.78 is 5.94. The fourth-order valence-corrected chi connectivity index (χ4v) is 2.95. The van der Waals surface area contributed by atoms with Gasteiger partial charge in [0.15, 0.2) is 0 Å². The first-order valence-electron chi connectivity index (χ1n) is 6.79. The molecule has 1 N–H and O–H groups in total. The fourth-order valence-electron chi connectivity index (χ4n) is 2.95. The average Bonchev–Trinajstić information content (AvgIpc) is 2.86. The topological polar surface area (TPSA) is 21.3 Å². The van der Waals surface area contributed by atoms with Crippen molar-refractivity contribution in [2.24, 2.45) is 0 Å². The molecule has 19 heavy (non-hydrogen) atoms. The molecule has 1 atom stereocenters. The summed E-state index contributed by atoms with van der Waals surface area (Å²) in [6.45, 7) is 1.71. The standard InChI is InChI=1S/C17H19NO/c1-18-12-11-17(14-7-3-2-4-8-14)13-19-16-10-6-5-9-15(16)17/h2-10,18H,11-13H2,1H3. The Labute approximate surface area is 114 Å². The molecule has 1 unspecified atom stereocenters. The van der Waals surface area contributed by atoms with E-state index in [1.165, 1.54) is 11.1 Å². The first-order chi connectivity index (χ1) is 9.37. The molecule has 0 spiro atoms. The Morgan fingerprint density at radius 2 is 1.79 bits per heavy atom. The minimum Gasteiger partial charge on any atom is -0.492 e. The third-order valence-corrected chi connectivity index (χ3v) is 4.00. The van der Waals surface area contributed by atoms with Gasteiger partial charge in [-0.05, 0) is 31.6 Å². The molecular formula is C17H19NO. The van der Waals surface area contributed by atoms with Gasteiger partial charge in [-0.3, -0.25) is 0 Å². The van der Waals surface area contributed by atoms with Crippen LogP contribution in [0.2, 0.25) is 0 Å². The number of ether oxygens (including phenoxy) is 1. The number of hydrogen-bond acceptors (Lipinski definition) is 2. The Morgan fingerprint density at radius 3 is 2.58 bits per heavy atom. The maximum Gasteiger partial charge on any atom is 0.123 e. The number of benzene rings is 2. The molecule has 0 fully saturated rings. The van der Waals surface area contributed by atoms with Crippen LogP contribution in [0.1, 0.15) is 17.5 Å². The zero-order valence-electron chi connectivity index (χ0n) is 11.2. The van der Waals surface area contributed by atoms with Crippen molar-refractivity contribution >= 4 is 0 Å². The SMILES string of the molecule is CNCCC1(c2ccccc2)COc2ccccc21. The molecule has 0 amide bonds. The molecule has 3 rings (SSSR count). The summed E-state index contributed by atoms with van der Waals surface area (Å²) >= 11 is 0. The minimum atomic E-state index is -0.0130. The molecule has 98 valence electrons. The molecule has 1 heterocycles. The predicted octanol–water partition coefficient (Wildman–Crippen LogP) is 2.97. The quantitative estimate of drug-likeness (QED) is 0.904. The van der Waals surface area contributed by atoms with Crippen LogP contribution in [0, 0.1) is 0 Å². The second-order valence-corrected chi connectivity index (χ2v) is 5.09. The van der Waals surface area contributed by atoms with Gasteiger partial charge in [0, 0.05) is 5.56 Å². The van der Waals surface area contributed by atoms with E-state index in [-0.39, 0.29) is 5.41 Å². The van der Waals surface area contributed by atoms with Crippen LogP contribution in [-0.2, 0) is 5.41 Å². The summed E-state index contributed by atoms with van der Waals surface area (Å²) in [6, 6.07) is 19.1. The number of nitrogens with one attached hydrogen (secondary N) is 1. The molecule has 1 aliphatic heterocycles. The smallest absolute Gasteiger partial charge is 0.123 e. The summed E-state index contributed by atoms with van der Waals surface area (Å²) in [5, 5.41) is 3.26. The zero-order valence-corrected chi connectivity index (χ0v) is 11.2. The molecule has 0 saturated heterocycles. The van der Waals surface area contributed by atoms with Crippen molar-refractivity contribution in [2.75, 3.05) is 20.2 Å². The van der Waals surface area contributed by atoms with Gasteiger partial charge in [-0.15, -0.1) is 0 Å². The highest BCUT2D eigenvalue weighted by Gasteiger charge is 2.41. The zero-order chi connectivity index (χ0) is 13.1. The van der Waals surface area contributed by atoms with Crippen LogP contribution in [-0.4, -0.2) is 20.2 Å². The lowest BCUT2D eigenvalue weighted by Crippen LogP contribution is -2.33. The molecule has 0 bridgehead atoms. The number of hydrogen-bond donors (Lipinski definition) is 1. The first kappa shape index (κ1) is 12.2. The van der Waals surface area contributed by atoms with E-state index >= 15 is 0 Å². The lowest BCUT2D eigenvalue weighted by Gasteiger charge is -2.28. The van der Waals surface area contributed by atoms with E-state index in [1.807, 2.05) is 13.1 Å². The highest BCUT2D eigenvalue weighted by atomic mass is 16.5. The van der Waals surface area contributed by atoms with Crippen LogP contribution in [0.15, 0.2) is 54.6 Å². The van der Waals surface area contributed by atoms with Gasteiger partial charge in [0.1, 0.15) is 12.4 Å². The molecule has 2 heteroatoms.